The normalized spacial score (nSPS) is 19.3. The highest BCUT2D eigenvalue weighted by molar-refractivity contribution is 6.77. The number of imidazole rings is 2. The van der Waals surface area contributed by atoms with Crippen molar-refractivity contribution in [2.24, 2.45) is 0 Å². The van der Waals surface area contributed by atoms with E-state index >= 15 is 0 Å². The first kappa shape index (κ1) is 38.5. The van der Waals surface area contributed by atoms with Crippen molar-refractivity contribution in [2.45, 2.75) is 88.3 Å². The monoisotopic (exact) mass is 765 g/mol. The molecule has 0 aliphatic carbocycles. The van der Waals surface area contributed by atoms with E-state index in [4.69, 9.17) is 23.4 Å². The first-order valence-electron chi connectivity index (χ1n) is 18.9. The van der Waals surface area contributed by atoms with Crippen LogP contribution >= 0.6 is 0 Å². The third-order valence-electron chi connectivity index (χ3n) is 11.3. The van der Waals surface area contributed by atoms with E-state index < -0.39 is 38.5 Å². The van der Waals surface area contributed by atoms with Gasteiger partial charge in [0, 0.05) is 12.4 Å². The Balaban J connectivity index is 1.36. The van der Waals surface area contributed by atoms with Crippen LogP contribution in [0.25, 0.3) is 16.9 Å². The summed E-state index contributed by atoms with van der Waals surface area (Å²) in [5, 5.41) is 12.5. The zero-order chi connectivity index (χ0) is 39.1. The Morgan fingerprint density at radius 2 is 1.40 bits per heavy atom. The van der Waals surface area contributed by atoms with Crippen molar-refractivity contribution in [3.63, 3.8) is 0 Å². The van der Waals surface area contributed by atoms with E-state index in [0.29, 0.717) is 22.9 Å². The molecule has 2 N–H and O–H groups in total. The fraction of sp³-hybridized carbons (Fsp3) is 0.405. The second kappa shape index (κ2) is 15.4. The van der Waals surface area contributed by atoms with Crippen LogP contribution in [0.3, 0.4) is 0 Å². The average Bonchev–Trinajstić information content (AvgIpc) is 3.92. The third-order valence-corrected chi connectivity index (χ3v) is 17.4. The molecule has 0 unspecified atom stereocenters. The first-order valence-corrected chi connectivity index (χ1v) is 21.0. The molecule has 1 aliphatic heterocycles. The molecule has 0 spiro atoms. The van der Waals surface area contributed by atoms with Gasteiger partial charge in [0.15, 0.2) is 17.4 Å². The molecular formula is C42H51N5O7Si. The number of aliphatic hydroxyl groups is 1. The number of hydrogen-bond acceptors (Lipinski definition) is 9. The predicted octanol–water partition coefficient (Wildman–Crippen LogP) is 7.22. The van der Waals surface area contributed by atoms with Crippen LogP contribution in [0, 0.1) is 0 Å². The summed E-state index contributed by atoms with van der Waals surface area (Å²) in [6, 6.07) is 25.7. The summed E-state index contributed by atoms with van der Waals surface area (Å²) < 4.78 is 36.2. The van der Waals surface area contributed by atoms with Crippen molar-refractivity contribution in [3.05, 3.63) is 125 Å². The Morgan fingerprint density at radius 1 is 0.836 bits per heavy atom. The molecule has 3 aromatic heterocycles. The summed E-state index contributed by atoms with van der Waals surface area (Å²) in [4.78, 5) is 24.8. The quantitative estimate of drug-likeness (QED) is 0.0871. The molecule has 55 heavy (non-hydrogen) atoms. The number of ether oxygens (including phenoxy) is 4. The SMILES string of the molecule is COc1ccc(C(OC[C@H]2O[C@@H](n3cnc4c(=O)[nH]c5nccn5c43)[C@H](O[Si](C(C)C)(C(C)C)C(C)C)[C@@H]2O)(c2ccccc2)c2ccc(OC)cc2)cc1. The molecule has 13 heteroatoms. The number of fused-ring (bicyclic) bond motifs is 3. The summed E-state index contributed by atoms with van der Waals surface area (Å²) >= 11 is 0. The van der Waals surface area contributed by atoms with Crippen LogP contribution in [-0.4, -0.2) is 76.5 Å². The van der Waals surface area contributed by atoms with Crippen LogP contribution in [-0.2, 0) is 19.5 Å². The molecule has 3 aromatic carbocycles. The molecule has 1 saturated heterocycles. The van der Waals surface area contributed by atoms with Crippen molar-refractivity contribution < 1.29 is 28.5 Å². The van der Waals surface area contributed by atoms with Crippen molar-refractivity contribution in [2.75, 3.05) is 20.8 Å². The number of nitrogens with one attached hydrogen (secondary N) is 1. The number of benzene rings is 3. The fourth-order valence-electron chi connectivity index (χ4n) is 8.80. The van der Waals surface area contributed by atoms with Crippen molar-refractivity contribution in [1.29, 1.82) is 0 Å². The number of methoxy groups -OCH3 is 2. The van der Waals surface area contributed by atoms with Gasteiger partial charge in [-0.25, -0.2) is 9.97 Å². The molecule has 4 heterocycles. The molecule has 1 fully saturated rings. The standard InChI is InChI=1S/C42H51N5O7Si/c1-26(2)55(27(3)4,28(5)6)54-37-36(48)34(53-40(37)47-25-44-35-38(49)45-41-43-22-23-46(41)39(35)47)24-52-42(29-12-10-9-11-13-29,30-14-18-32(50-7)19-15-30)31-16-20-33(51-8)21-17-31/h9-23,25-28,34,36-37,40,48H,24H2,1-8H3,(H,43,45,49)/t34-,36-,37-,40-/m1/s1. The average molecular weight is 766 g/mol. The van der Waals surface area contributed by atoms with E-state index in [1.807, 2.05) is 78.9 Å². The van der Waals surface area contributed by atoms with E-state index in [9.17, 15) is 9.90 Å². The van der Waals surface area contributed by atoms with Crippen LogP contribution in [0.1, 0.15) is 64.5 Å². The van der Waals surface area contributed by atoms with Gasteiger partial charge < -0.3 is 28.5 Å². The molecule has 1 aliphatic rings. The molecule has 7 rings (SSSR count). The van der Waals surface area contributed by atoms with Gasteiger partial charge in [-0.05, 0) is 57.6 Å². The summed E-state index contributed by atoms with van der Waals surface area (Å²) in [7, 11) is 0.679. The van der Waals surface area contributed by atoms with Crippen LogP contribution in [0.15, 0.2) is 102 Å². The summed E-state index contributed by atoms with van der Waals surface area (Å²) in [6.07, 6.45) is 1.36. The van der Waals surface area contributed by atoms with Crippen LogP contribution in [0.5, 0.6) is 11.5 Å². The molecule has 12 nitrogen and oxygen atoms in total. The van der Waals surface area contributed by atoms with Crippen LogP contribution in [0.4, 0.5) is 0 Å². The molecule has 6 aromatic rings. The number of aliphatic hydroxyl groups excluding tert-OH is 1. The summed E-state index contributed by atoms with van der Waals surface area (Å²) in [5.74, 6) is 1.80. The maximum atomic E-state index is 13.2. The zero-order valence-corrected chi connectivity index (χ0v) is 33.7. The predicted molar refractivity (Wildman–Crippen MR) is 213 cm³/mol. The van der Waals surface area contributed by atoms with Gasteiger partial charge in [0.1, 0.15) is 35.4 Å². The number of nitrogens with zero attached hydrogens (tertiary/aromatic N) is 4. The van der Waals surface area contributed by atoms with E-state index in [1.165, 1.54) is 0 Å². The lowest BCUT2D eigenvalue weighted by Gasteiger charge is -2.45. The van der Waals surface area contributed by atoms with Gasteiger partial charge in [-0.3, -0.25) is 18.7 Å². The Kier molecular flexibility index (Phi) is 10.8. The number of aromatic amines is 1. The Bertz CT molecular complexity index is 2200. The molecular weight excluding hydrogens is 715 g/mol. The molecule has 0 saturated carbocycles. The largest absolute Gasteiger partial charge is 0.497 e. The van der Waals surface area contributed by atoms with Gasteiger partial charge >= 0.3 is 0 Å². The van der Waals surface area contributed by atoms with Gasteiger partial charge in [-0.2, -0.15) is 0 Å². The number of aromatic nitrogens is 5. The number of rotatable bonds is 14. The third kappa shape index (κ3) is 6.57. The van der Waals surface area contributed by atoms with Gasteiger partial charge in [-0.1, -0.05) is 96.1 Å². The topological polar surface area (TPSA) is 134 Å². The van der Waals surface area contributed by atoms with Crippen LogP contribution in [0.2, 0.25) is 16.6 Å². The molecule has 4 atom stereocenters. The van der Waals surface area contributed by atoms with Gasteiger partial charge in [0.2, 0.25) is 14.1 Å². The Labute approximate surface area is 322 Å². The zero-order valence-electron chi connectivity index (χ0n) is 32.7. The Morgan fingerprint density at radius 3 is 1.95 bits per heavy atom. The number of H-pyrrole nitrogens is 1. The van der Waals surface area contributed by atoms with Gasteiger partial charge in [0.25, 0.3) is 5.56 Å². The minimum absolute atomic E-state index is 0.0161. The molecule has 290 valence electrons. The lowest BCUT2D eigenvalue weighted by molar-refractivity contribution is -0.0941. The highest BCUT2D eigenvalue weighted by Crippen LogP contribution is 2.48. The first-order chi connectivity index (χ1) is 26.5. The number of hydrogen-bond donors (Lipinski definition) is 2. The second-order valence-electron chi connectivity index (χ2n) is 15.2. The van der Waals surface area contributed by atoms with E-state index in [1.54, 1.807) is 41.9 Å². The van der Waals surface area contributed by atoms with Crippen LogP contribution < -0.4 is 15.0 Å². The van der Waals surface area contributed by atoms with Crippen molar-refractivity contribution in [1.82, 2.24) is 23.9 Å². The minimum atomic E-state index is -2.60. The Hall–Kier alpha value is -4.79. The van der Waals surface area contributed by atoms with E-state index in [-0.39, 0.29) is 34.3 Å². The smallest absolute Gasteiger partial charge is 0.280 e. The van der Waals surface area contributed by atoms with E-state index in [2.05, 4.69) is 56.5 Å². The fourth-order valence-corrected chi connectivity index (χ4v) is 14.3. The second-order valence-corrected chi connectivity index (χ2v) is 20.6. The van der Waals surface area contributed by atoms with Gasteiger partial charge in [0.05, 0.1) is 27.2 Å². The summed E-state index contributed by atoms with van der Waals surface area (Å²) in [5.41, 5.74) is 2.50. The maximum Gasteiger partial charge on any atom is 0.280 e. The van der Waals surface area contributed by atoms with Crippen molar-refractivity contribution >= 4 is 25.3 Å². The summed E-state index contributed by atoms with van der Waals surface area (Å²) in [6.45, 7) is 13.3. The molecule has 0 radical (unpaired) electrons. The molecule has 0 bridgehead atoms. The maximum absolute atomic E-state index is 13.2. The lowest BCUT2D eigenvalue weighted by Crippen LogP contribution is -2.53. The van der Waals surface area contributed by atoms with E-state index in [0.717, 1.165) is 16.7 Å². The highest BCUT2D eigenvalue weighted by atomic mass is 28.4. The van der Waals surface area contributed by atoms with Gasteiger partial charge in [-0.15, -0.1) is 0 Å². The molecule has 0 amide bonds. The minimum Gasteiger partial charge on any atom is -0.497 e. The lowest BCUT2D eigenvalue weighted by atomic mass is 9.80. The van der Waals surface area contributed by atoms with Crippen molar-refractivity contribution in [3.8, 4) is 11.5 Å². The highest BCUT2D eigenvalue weighted by Gasteiger charge is 2.54.